The van der Waals surface area contributed by atoms with Crippen molar-refractivity contribution in [1.82, 2.24) is 10.3 Å². The Morgan fingerprint density at radius 3 is 2.85 bits per heavy atom. The van der Waals surface area contributed by atoms with Gasteiger partial charge in [-0.15, -0.1) is 12.4 Å². The van der Waals surface area contributed by atoms with Crippen molar-refractivity contribution in [3.05, 3.63) is 29.8 Å². The second-order valence-electron chi connectivity index (χ2n) is 3.05. The minimum absolute atomic E-state index is 0. The predicted molar refractivity (Wildman–Crippen MR) is 51.4 cm³/mol. The molecule has 2 rings (SSSR count). The van der Waals surface area contributed by atoms with E-state index in [0.717, 1.165) is 18.7 Å². The molecule has 2 heterocycles. The van der Waals surface area contributed by atoms with Crippen LogP contribution in [0.4, 0.5) is 4.39 Å². The van der Waals surface area contributed by atoms with Crippen LogP contribution in [0.3, 0.4) is 0 Å². The van der Waals surface area contributed by atoms with E-state index in [1.807, 2.05) is 0 Å². The van der Waals surface area contributed by atoms with Gasteiger partial charge in [-0.25, -0.2) is 4.39 Å². The van der Waals surface area contributed by atoms with Gasteiger partial charge >= 0.3 is 0 Å². The van der Waals surface area contributed by atoms with Crippen LogP contribution in [0.1, 0.15) is 24.6 Å². The molecule has 0 aromatic carbocycles. The summed E-state index contributed by atoms with van der Waals surface area (Å²) in [6.45, 7) is 1.05. The molecule has 1 aliphatic rings. The normalized spacial score (nSPS) is 21.2. The third kappa shape index (κ3) is 2.39. The molecule has 2 nitrogen and oxygen atoms in total. The Kier molecular flexibility index (Phi) is 3.63. The lowest BCUT2D eigenvalue weighted by Crippen LogP contribution is -2.13. The number of nitrogens with one attached hydrogen (secondary N) is 1. The first-order valence-electron chi connectivity index (χ1n) is 4.21. The fraction of sp³-hybridized carbons (Fsp3) is 0.444. The number of halogens is 2. The van der Waals surface area contributed by atoms with Crippen LogP contribution < -0.4 is 5.32 Å². The number of rotatable bonds is 1. The Morgan fingerprint density at radius 2 is 2.31 bits per heavy atom. The zero-order chi connectivity index (χ0) is 8.39. The fourth-order valence-corrected chi connectivity index (χ4v) is 1.53. The summed E-state index contributed by atoms with van der Waals surface area (Å²) in [6.07, 6.45) is 3.57. The van der Waals surface area contributed by atoms with Crippen molar-refractivity contribution < 1.29 is 4.39 Å². The van der Waals surface area contributed by atoms with Gasteiger partial charge in [0.25, 0.3) is 0 Å². The topological polar surface area (TPSA) is 24.9 Å². The molecule has 1 atom stereocenters. The van der Waals surface area contributed by atoms with Crippen molar-refractivity contribution in [3.63, 3.8) is 0 Å². The number of hydrogen-bond donors (Lipinski definition) is 1. The molecule has 1 fully saturated rings. The summed E-state index contributed by atoms with van der Waals surface area (Å²) in [4.78, 5) is 4.02. The van der Waals surface area contributed by atoms with Crippen molar-refractivity contribution in [2.45, 2.75) is 18.9 Å². The summed E-state index contributed by atoms with van der Waals surface area (Å²) >= 11 is 0. The van der Waals surface area contributed by atoms with Crippen molar-refractivity contribution in [1.29, 1.82) is 0 Å². The molecule has 1 saturated heterocycles. The minimum atomic E-state index is -0.267. The standard InChI is InChI=1S/C9H11FN2.ClH/c10-7-3-4-9(12-6-7)8-2-1-5-11-8;/h3-4,6,8,11H,1-2,5H2;1H/t8-;/m1./s1. The lowest BCUT2D eigenvalue weighted by atomic mass is 10.1. The van der Waals surface area contributed by atoms with E-state index >= 15 is 0 Å². The summed E-state index contributed by atoms with van der Waals surface area (Å²) in [5.41, 5.74) is 0.953. The molecule has 0 unspecified atom stereocenters. The highest BCUT2D eigenvalue weighted by Crippen LogP contribution is 2.20. The van der Waals surface area contributed by atoms with Crippen LogP contribution >= 0.6 is 12.4 Å². The Hall–Kier alpha value is -0.670. The zero-order valence-electron chi connectivity index (χ0n) is 7.16. The van der Waals surface area contributed by atoms with Crippen molar-refractivity contribution >= 4 is 12.4 Å². The van der Waals surface area contributed by atoms with Gasteiger partial charge in [-0.05, 0) is 31.5 Å². The van der Waals surface area contributed by atoms with Crippen LogP contribution in [0.5, 0.6) is 0 Å². The first-order chi connectivity index (χ1) is 5.86. The molecular formula is C9H12ClFN2. The van der Waals surface area contributed by atoms with Crippen LogP contribution in [0, 0.1) is 5.82 Å². The Labute approximate surface area is 83.0 Å². The molecular weight excluding hydrogens is 191 g/mol. The van der Waals surface area contributed by atoms with Gasteiger partial charge in [-0.3, -0.25) is 4.98 Å². The molecule has 72 valence electrons. The molecule has 0 aliphatic carbocycles. The fourth-order valence-electron chi connectivity index (χ4n) is 1.53. The molecule has 1 aromatic heterocycles. The maximum atomic E-state index is 12.5. The number of hydrogen-bond acceptors (Lipinski definition) is 2. The van der Waals surface area contributed by atoms with Gasteiger partial charge in [0.2, 0.25) is 0 Å². The molecule has 0 amide bonds. The van der Waals surface area contributed by atoms with E-state index in [-0.39, 0.29) is 18.2 Å². The summed E-state index contributed by atoms with van der Waals surface area (Å²) in [5.74, 6) is -0.267. The second kappa shape index (κ2) is 4.53. The maximum absolute atomic E-state index is 12.5. The molecule has 0 spiro atoms. The van der Waals surface area contributed by atoms with Crippen molar-refractivity contribution in [2.24, 2.45) is 0 Å². The largest absolute Gasteiger partial charge is 0.309 e. The van der Waals surface area contributed by atoms with Gasteiger partial charge in [0, 0.05) is 6.04 Å². The third-order valence-electron chi connectivity index (χ3n) is 2.17. The Bertz CT molecular complexity index is 257. The van der Waals surface area contributed by atoms with Crippen LogP contribution in [0.15, 0.2) is 18.3 Å². The monoisotopic (exact) mass is 202 g/mol. The van der Waals surface area contributed by atoms with Crippen molar-refractivity contribution in [2.75, 3.05) is 6.54 Å². The third-order valence-corrected chi connectivity index (χ3v) is 2.17. The van der Waals surface area contributed by atoms with E-state index in [9.17, 15) is 4.39 Å². The average Bonchev–Trinajstić information content (AvgIpc) is 2.58. The molecule has 0 bridgehead atoms. The highest BCUT2D eigenvalue weighted by Gasteiger charge is 2.16. The van der Waals surface area contributed by atoms with E-state index in [1.165, 1.54) is 18.7 Å². The summed E-state index contributed by atoms with van der Waals surface area (Å²) in [5, 5.41) is 3.31. The quantitative estimate of drug-likeness (QED) is 0.754. The lowest BCUT2D eigenvalue weighted by Gasteiger charge is -2.07. The molecule has 0 saturated carbocycles. The molecule has 1 N–H and O–H groups in total. The van der Waals surface area contributed by atoms with Crippen LogP contribution in [-0.4, -0.2) is 11.5 Å². The second-order valence-corrected chi connectivity index (χ2v) is 3.05. The van der Waals surface area contributed by atoms with Gasteiger partial charge in [0.05, 0.1) is 11.9 Å². The van der Waals surface area contributed by atoms with Gasteiger partial charge in [0.1, 0.15) is 5.82 Å². The highest BCUT2D eigenvalue weighted by atomic mass is 35.5. The minimum Gasteiger partial charge on any atom is -0.309 e. The lowest BCUT2D eigenvalue weighted by molar-refractivity contribution is 0.598. The number of pyridine rings is 1. The number of nitrogens with zero attached hydrogens (tertiary/aromatic N) is 1. The predicted octanol–water partition coefficient (Wildman–Crippen LogP) is 2.07. The van der Waals surface area contributed by atoms with Gasteiger partial charge in [-0.2, -0.15) is 0 Å². The van der Waals surface area contributed by atoms with Crippen LogP contribution in [-0.2, 0) is 0 Å². The molecule has 13 heavy (non-hydrogen) atoms. The van der Waals surface area contributed by atoms with Gasteiger partial charge < -0.3 is 5.32 Å². The van der Waals surface area contributed by atoms with E-state index in [0.29, 0.717) is 6.04 Å². The van der Waals surface area contributed by atoms with Crippen LogP contribution in [0.25, 0.3) is 0 Å². The van der Waals surface area contributed by atoms with E-state index in [2.05, 4.69) is 10.3 Å². The van der Waals surface area contributed by atoms with Crippen molar-refractivity contribution in [3.8, 4) is 0 Å². The van der Waals surface area contributed by atoms with E-state index < -0.39 is 0 Å². The first-order valence-corrected chi connectivity index (χ1v) is 4.21. The highest BCUT2D eigenvalue weighted by molar-refractivity contribution is 5.85. The smallest absolute Gasteiger partial charge is 0.141 e. The van der Waals surface area contributed by atoms with Crippen LogP contribution in [0.2, 0.25) is 0 Å². The Morgan fingerprint density at radius 1 is 1.46 bits per heavy atom. The average molecular weight is 203 g/mol. The first kappa shape index (κ1) is 10.4. The number of aromatic nitrogens is 1. The molecule has 0 radical (unpaired) electrons. The SMILES string of the molecule is Cl.Fc1ccc([C@H]2CCCN2)nc1. The zero-order valence-corrected chi connectivity index (χ0v) is 7.98. The van der Waals surface area contributed by atoms with E-state index in [4.69, 9.17) is 0 Å². The molecule has 1 aromatic rings. The Balaban J connectivity index is 0.000000845. The molecule has 1 aliphatic heterocycles. The van der Waals surface area contributed by atoms with Gasteiger partial charge in [-0.1, -0.05) is 0 Å². The van der Waals surface area contributed by atoms with Gasteiger partial charge in [0.15, 0.2) is 0 Å². The van der Waals surface area contributed by atoms with E-state index in [1.54, 1.807) is 6.07 Å². The molecule has 4 heteroatoms. The summed E-state index contributed by atoms with van der Waals surface area (Å²) in [6, 6.07) is 3.55. The summed E-state index contributed by atoms with van der Waals surface area (Å²) < 4.78 is 12.5. The maximum Gasteiger partial charge on any atom is 0.141 e. The summed E-state index contributed by atoms with van der Waals surface area (Å²) in [7, 11) is 0.